The van der Waals surface area contributed by atoms with Gasteiger partial charge in [0.1, 0.15) is 5.75 Å². The summed E-state index contributed by atoms with van der Waals surface area (Å²) in [4.78, 5) is 0. The Hall–Kier alpha value is -0.533. The molecule has 0 aliphatic heterocycles. The Bertz CT molecular complexity index is 412. The van der Waals surface area contributed by atoms with E-state index in [-0.39, 0.29) is 0 Å². The Balaban J connectivity index is 2.89. The molecule has 0 atom stereocenters. The summed E-state index contributed by atoms with van der Waals surface area (Å²) in [6.45, 7) is -1.11. The molecule has 0 unspecified atom stereocenters. The van der Waals surface area contributed by atoms with Gasteiger partial charge in [0.05, 0.1) is 0 Å². The van der Waals surface area contributed by atoms with Crippen LogP contribution in [0, 0.1) is 0 Å². The molecule has 0 aliphatic rings. The number of hydrogen-bond acceptors (Lipinski definition) is 1. The van der Waals surface area contributed by atoms with Crippen molar-refractivity contribution in [3.05, 3.63) is 24.3 Å². The third kappa shape index (κ3) is 3.73. The summed E-state index contributed by atoms with van der Waals surface area (Å²) >= 11 is 11.7. The fourth-order valence-electron chi connectivity index (χ4n) is 1.02. The molecule has 18 heavy (non-hydrogen) atoms. The number of halogens is 7. The first-order valence-electron chi connectivity index (χ1n) is 4.55. The van der Waals surface area contributed by atoms with Gasteiger partial charge in [0.2, 0.25) is 0 Å². The first-order valence-corrected chi connectivity index (χ1v) is 9.08. The highest BCUT2D eigenvalue weighted by atomic mass is 35.7. The largest absolute Gasteiger partial charge is 0.499 e. The van der Waals surface area contributed by atoms with Crippen LogP contribution in [0.15, 0.2) is 24.3 Å². The highest BCUT2D eigenvalue weighted by Gasteiger charge is 2.61. The quantitative estimate of drug-likeness (QED) is 0.464. The Labute approximate surface area is 110 Å². The van der Waals surface area contributed by atoms with Crippen LogP contribution in [0.1, 0.15) is 0 Å². The smallest absolute Gasteiger partial charge is 0.426 e. The lowest BCUT2D eigenvalue weighted by Crippen LogP contribution is -2.42. The minimum atomic E-state index is -5.77. The third-order valence-electron chi connectivity index (χ3n) is 1.94. The molecular weight excluding hydrogens is 318 g/mol. The molecule has 0 amide bonds. The zero-order valence-corrected chi connectivity index (χ0v) is 11.4. The fraction of sp³-hybridized carbons (Fsp3) is 0.333. The molecule has 0 fully saturated rings. The van der Waals surface area contributed by atoms with Crippen molar-refractivity contribution < 1.29 is 26.7 Å². The van der Waals surface area contributed by atoms with E-state index in [0.717, 1.165) is 12.1 Å². The van der Waals surface area contributed by atoms with Crippen molar-refractivity contribution in [2.75, 3.05) is 0 Å². The highest BCUT2D eigenvalue weighted by molar-refractivity contribution is 7.50. The van der Waals surface area contributed by atoms with Crippen molar-refractivity contribution in [1.82, 2.24) is 0 Å². The van der Waals surface area contributed by atoms with Crippen molar-refractivity contribution in [3.63, 3.8) is 0 Å². The maximum absolute atomic E-state index is 12.6. The van der Waals surface area contributed by atoms with Gasteiger partial charge in [0.15, 0.2) is 0 Å². The van der Waals surface area contributed by atoms with E-state index in [4.69, 9.17) is 22.2 Å². The molecule has 0 saturated heterocycles. The Morgan fingerprint density at radius 3 is 1.78 bits per heavy atom. The molecule has 0 radical (unpaired) electrons. The first-order chi connectivity index (χ1) is 7.93. The third-order valence-corrected chi connectivity index (χ3v) is 4.59. The number of alkyl halides is 5. The molecule has 1 aromatic rings. The summed E-state index contributed by atoms with van der Waals surface area (Å²) in [6.07, 6.45) is -11.0. The summed E-state index contributed by atoms with van der Waals surface area (Å²) < 4.78 is 64.4. The van der Waals surface area contributed by atoms with Gasteiger partial charge in [-0.25, -0.2) is 0 Å². The van der Waals surface area contributed by atoms with Gasteiger partial charge >= 0.3 is 12.3 Å². The monoisotopic (exact) mass is 324 g/mol. The van der Waals surface area contributed by atoms with Gasteiger partial charge in [0, 0.05) is 0 Å². The van der Waals surface area contributed by atoms with Gasteiger partial charge in [-0.3, -0.25) is 0 Å². The molecule has 0 heterocycles. The molecule has 9 heteroatoms. The predicted octanol–water partition coefficient (Wildman–Crippen LogP) is 3.98. The average Bonchev–Trinajstić information content (AvgIpc) is 2.14. The van der Waals surface area contributed by atoms with Crippen LogP contribution < -0.4 is 9.92 Å². The van der Waals surface area contributed by atoms with Crippen LogP contribution in [0.5, 0.6) is 5.75 Å². The summed E-state index contributed by atoms with van der Waals surface area (Å²) in [6, 6.07) is 4.44. The van der Waals surface area contributed by atoms with Crippen LogP contribution in [-0.2, 0) is 0 Å². The van der Waals surface area contributed by atoms with E-state index in [1.165, 1.54) is 12.1 Å². The Morgan fingerprint density at radius 2 is 1.44 bits per heavy atom. The van der Waals surface area contributed by atoms with Crippen LogP contribution in [0.4, 0.5) is 22.0 Å². The van der Waals surface area contributed by atoms with Gasteiger partial charge in [0.25, 0.3) is 6.69 Å². The molecule has 0 N–H and O–H groups in total. The van der Waals surface area contributed by atoms with Crippen LogP contribution in [-0.4, -0.2) is 19.0 Å². The minimum absolute atomic E-state index is 0.480. The van der Waals surface area contributed by atoms with Crippen molar-refractivity contribution in [2.24, 2.45) is 0 Å². The molecule has 0 spiro atoms. The molecular formula is C9H7Cl2F5OSi. The second kappa shape index (κ2) is 4.86. The molecule has 0 aromatic heterocycles. The number of ether oxygens (including phenoxy) is 1. The van der Waals surface area contributed by atoms with E-state index in [0.29, 0.717) is 5.19 Å². The van der Waals surface area contributed by atoms with Gasteiger partial charge in [-0.05, 0) is 23.9 Å². The second-order valence-corrected chi connectivity index (χ2v) is 11.0. The molecule has 102 valence electrons. The lowest BCUT2D eigenvalue weighted by molar-refractivity contribution is -0.360. The van der Waals surface area contributed by atoms with Crippen LogP contribution in [0.25, 0.3) is 0 Å². The van der Waals surface area contributed by atoms with Crippen molar-refractivity contribution in [3.8, 4) is 5.75 Å². The van der Waals surface area contributed by atoms with E-state index in [2.05, 4.69) is 4.74 Å². The minimum Gasteiger partial charge on any atom is -0.426 e. The molecule has 1 aromatic carbocycles. The van der Waals surface area contributed by atoms with E-state index >= 15 is 0 Å². The molecule has 0 aliphatic carbocycles. The van der Waals surface area contributed by atoms with E-state index in [1.54, 1.807) is 6.55 Å². The van der Waals surface area contributed by atoms with Crippen molar-refractivity contribution in [1.29, 1.82) is 0 Å². The first kappa shape index (κ1) is 15.5. The lowest BCUT2D eigenvalue weighted by atomic mass is 10.3. The zero-order valence-electron chi connectivity index (χ0n) is 8.86. The molecule has 0 bridgehead atoms. The van der Waals surface area contributed by atoms with E-state index < -0.39 is 24.7 Å². The highest BCUT2D eigenvalue weighted by Crippen LogP contribution is 2.37. The normalized spacial score (nSPS) is 13.6. The predicted molar refractivity (Wildman–Crippen MR) is 61.0 cm³/mol. The van der Waals surface area contributed by atoms with Gasteiger partial charge < -0.3 is 4.74 Å². The maximum atomic E-state index is 12.6. The Kier molecular flexibility index (Phi) is 4.19. The van der Waals surface area contributed by atoms with Crippen LogP contribution in [0.2, 0.25) is 6.55 Å². The van der Waals surface area contributed by atoms with Gasteiger partial charge in [-0.2, -0.15) is 22.0 Å². The summed E-state index contributed by atoms with van der Waals surface area (Å²) in [5.74, 6) is -0.618. The topological polar surface area (TPSA) is 9.23 Å². The number of rotatable bonds is 3. The SMILES string of the molecule is C[Si](Cl)(Cl)c1ccc(OC(F)(F)C(F)(F)F)cc1. The van der Waals surface area contributed by atoms with Gasteiger partial charge in [-0.1, -0.05) is 12.1 Å². The second-order valence-electron chi connectivity index (χ2n) is 3.53. The number of benzene rings is 1. The van der Waals surface area contributed by atoms with E-state index in [9.17, 15) is 22.0 Å². The van der Waals surface area contributed by atoms with Crippen molar-refractivity contribution in [2.45, 2.75) is 18.8 Å². The van der Waals surface area contributed by atoms with E-state index in [1.807, 2.05) is 0 Å². The molecule has 1 nitrogen and oxygen atoms in total. The fourth-order valence-corrected chi connectivity index (χ4v) is 2.53. The van der Waals surface area contributed by atoms with Crippen molar-refractivity contribution >= 4 is 34.0 Å². The molecule has 0 saturated carbocycles. The number of hydrogen-bond donors (Lipinski definition) is 0. The summed E-state index contributed by atoms with van der Waals surface area (Å²) in [7, 11) is 0. The standard InChI is InChI=1S/C9H7Cl2F5OSi/c1-18(10,11)7-4-2-6(3-5-7)17-9(15,16)8(12,13)14/h2-5H,1H3. The maximum Gasteiger partial charge on any atom is 0.499 e. The lowest BCUT2D eigenvalue weighted by Gasteiger charge is -2.20. The zero-order chi connectivity index (χ0) is 14.2. The van der Waals surface area contributed by atoms with Crippen LogP contribution in [0.3, 0.4) is 0 Å². The average molecular weight is 325 g/mol. The Morgan fingerprint density at radius 1 is 1.00 bits per heavy atom. The van der Waals surface area contributed by atoms with Crippen LogP contribution >= 0.6 is 22.2 Å². The summed E-state index contributed by atoms with van der Waals surface area (Å²) in [5.41, 5.74) is 0. The van der Waals surface area contributed by atoms with Gasteiger partial charge in [-0.15, -0.1) is 22.2 Å². The molecule has 1 rings (SSSR count). The summed E-state index contributed by atoms with van der Waals surface area (Å²) in [5, 5.41) is 0.480.